The van der Waals surface area contributed by atoms with Gasteiger partial charge in [-0.05, 0) is 12.1 Å². The quantitative estimate of drug-likeness (QED) is 0.382. The van der Waals surface area contributed by atoms with Crippen molar-refractivity contribution < 1.29 is 4.84 Å². The summed E-state index contributed by atoms with van der Waals surface area (Å²) in [6.45, 7) is 4.76. The van der Waals surface area contributed by atoms with Crippen LogP contribution in [0.4, 0.5) is 5.82 Å². The first kappa shape index (κ1) is 17.2. The van der Waals surface area contributed by atoms with E-state index in [-0.39, 0.29) is 0 Å². The third-order valence-corrected chi connectivity index (χ3v) is 5.03. The van der Waals surface area contributed by atoms with E-state index in [2.05, 4.69) is 31.9 Å². The maximum atomic E-state index is 5.27. The first-order valence-corrected chi connectivity index (χ1v) is 9.20. The maximum absolute atomic E-state index is 5.27. The molecule has 27 heavy (non-hydrogen) atoms. The van der Waals surface area contributed by atoms with Crippen molar-refractivity contribution in [3.8, 4) is 21.3 Å². The Kier molecular flexibility index (Phi) is 4.84. The largest absolute Gasteiger partial charge is 0.391 e. The van der Waals surface area contributed by atoms with E-state index >= 15 is 0 Å². The highest BCUT2D eigenvalue weighted by Gasteiger charge is 2.25. The number of oxime groups is 1. The SMILES string of the molecule is C=CCON=C1CCN(C)c2nnc(-c3cnc(-c4cccnc4)s3)nc21. The summed E-state index contributed by atoms with van der Waals surface area (Å²) in [7, 11) is 1.96. The molecule has 4 heterocycles. The molecule has 3 aromatic rings. The lowest BCUT2D eigenvalue weighted by molar-refractivity contribution is 0.174. The van der Waals surface area contributed by atoms with Gasteiger partial charge in [0, 0.05) is 44.2 Å². The van der Waals surface area contributed by atoms with Crippen LogP contribution in [0.2, 0.25) is 0 Å². The average molecular weight is 379 g/mol. The summed E-state index contributed by atoms with van der Waals surface area (Å²) in [5.41, 5.74) is 2.41. The number of aromatic nitrogens is 5. The normalized spacial score (nSPS) is 14.9. The lowest BCUT2D eigenvalue weighted by atomic mass is 10.1. The van der Waals surface area contributed by atoms with E-state index in [0.717, 1.165) is 34.1 Å². The lowest BCUT2D eigenvalue weighted by Gasteiger charge is -2.25. The van der Waals surface area contributed by atoms with Crippen molar-refractivity contribution in [1.29, 1.82) is 0 Å². The third kappa shape index (κ3) is 3.54. The number of thiazole rings is 1. The number of nitrogens with zero attached hydrogens (tertiary/aromatic N) is 7. The van der Waals surface area contributed by atoms with Gasteiger partial charge in [0.1, 0.15) is 23.0 Å². The van der Waals surface area contributed by atoms with Gasteiger partial charge in [0.15, 0.2) is 11.6 Å². The Morgan fingerprint density at radius 1 is 1.37 bits per heavy atom. The summed E-state index contributed by atoms with van der Waals surface area (Å²) >= 11 is 1.50. The zero-order valence-corrected chi connectivity index (χ0v) is 15.6. The van der Waals surface area contributed by atoms with Gasteiger partial charge in [-0.15, -0.1) is 21.5 Å². The summed E-state index contributed by atoms with van der Waals surface area (Å²) in [5, 5.41) is 13.7. The highest BCUT2D eigenvalue weighted by atomic mass is 32.1. The fourth-order valence-electron chi connectivity index (χ4n) is 2.63. The molecule has 4 rings (SSSR count). The summed E-state index contributed by atoms with van der Waals surface area (Å²) in [5.74, 6) is 1.22. The molecular formula is C18H17N7OS. The van der Waals surface area contributed by atoms with Crippen LogP contribution in [0.3, 0.4) is 0 Å². The zero-order valence-electron chi connectivity index (χ0n) is 14.7. The molecule has 0 atom stereocenters. The molecule has 0 aromatic carbocycles. The number of rotatable bonds is 5. The second-order valence-corrected chi connectivity index (χ2v) is 6.90. The van der Waals surface area contributed by atoms with Crippen molar-refractivity contribution in [2.24, 2.45) is 5.16 Å². The van der Waals surface area contributed by atoms with Gasteiger partial charge in [-0.3, -0.25) is 4.98 Å². The van der Waals surface area contributed by atoms with Gasteiger partial charge in [-0.1, -0.05) is 17.8 Å². The monoisotopic (exact) mass is 379 g/mol. The number of anilines is 1. The molecule has 0 unspecified atom stereocenters. The molecule has 0 aliphatic carbocycles. The second kappa shape index (κ2) is 7.58. The van der Waals surface area contributed by atoms with Gasteiger partial charge in [0.25, 0.3) is 0 Å². The minimum Gasteiger partial charge on any atom is -0.391 e. The van der Waals surface area contributed by atoms with E-state index in [4.69, 9.17) is 9.82 Å². The van der Waals surface area contributed by atoms with E-state index < -0.39 is 0 Å². The minimum atomic E-state index is 0.351. The van der Waals surface area contributed by atoms with Crippen LogP contribution in [0.5, 0.6) is 0 Å². The number of hydrogen-bond donors (Lipinski definition) is 0. The Labute approximate surface area is 160 Å². The molecule has 8 nitrogen and oxygen atoms in total. The molecule has 0 bridgehead atoms. The van der Waals surface area contributed by atoms with Crippen molar-refractivity contribution in [3.63, 3.8) is 0 Å². The number of hydrogen-bond acceptors (Lipinski definition) is 9. The summed E-state index contributed by atoms with van der Waals surface area (Å²) in [6, 6.07) is 3.85. The molecule has 0 saturated heterocycles. The van der Waals surface area contributed by atoms with Crippen LogP contribution >= 0.6 is 11.3 Å². The lowest BCUT2D eigenvalue weighted by Crippen LogP contribution is -2.31. The molecule has 0 spiro atoms. The highest BCUT2D eigenvalue weighted by molar-refractivity contribution is 7.18. The van der Waals surface area contributed by atoms with Crippen molar-refractivity contribution >= 4 is 22.9 Å². The molecule has 9 heteroatoms. The van der Waals surface area contributed by atoms with Gasteiger partial charge < -0.3 is 9.74 Å². The minimum absolute atomic E-state index is 0.351. The summed E-state index contributed by atoms with van der Waals surface area (Å²) in [4.78, 5) is 21.4. The molecule has 0 saturated carbocycles. The number of fused-ring (bicyclic) bond motifs is 1. The van der Waals surface area contributed by atoms with Crippen molar-refractivity contribution in [2.75, 3.05) is 25.1 Å². The Morgan fingerprint density at radius 2 is 2.30 bits per heavy atom. The summed E-state index contributed by atoms with van der Waals surface area (Å²) in [6.07, 6.45) is 7.66. The second-order valence-electron chi connectivity index (χ2n) is 5.87. The van der Waals surface area contributed by atoms with E-state index in [1.54, 1.807) is 24.7 Å². The maximum Gasteiger partial charge on any atom is 0.194 e. The standard InChI is InChI=1S/C18H17N7OS/c1-3-9-26-24-13-6-8-25(2)17-15(13)21-16(22-23-17)14-11-20-18(27-14)12-5-4-7-19-10-12/h3-5,7,10-11H,1,6,8-9H2,2H3. The molecule has 0 radical (unpaired) electrons. The molecule has 0 amide bonds. The Balaban J connectivity index is 1.69. The zero-order chi connectivity index (χ0) is 18.6. The van der Waals surface area contributed by atoms with E-state index in [0.29, 0.717) is 23.9 Å². The Bertz CT molecular complexity index is 986. The molecule has 1 aliphatic rings. The first-order valence-electron chi connectivity index (χ1n) is 8.39. The van der Waals surface area contributed by atoms with Gasteiger partial charge in [-0.25, -0.2) is 9.97 Å². The van der Waals surface area contributed by atoms with Crippen LogP contribution in [-0.2, 0) is 4.84 Å². The van der Waals surface area contributed by atoms with Gasteiger partial charge in [0.2, 0.25) is 0 Å². The van der Waals surface area contributed by atoms with Gasteiger partial charge in [0.05, 0.1) is 4.88 Å². The Hall–Kier alpha value is -3.20. The van der Waals surface area contributed by atoms with Crippen LogP contribution in [0.1, 0.15) is 12.1 Å². The van der Waals surface area contributed by atoms with Crippen LogP contribution in [-0.4, -0.2) is 51.1 Å². The highest BCUT2D eigenvalue weighted by Crippen LogP contribution is 2.31. The molecular weight excluding hydrogens is 362 g/mol. The molecule has 0 fully saturated rings. The van der Waals surface area contributed by atoms with Crippen LogP contribution in [0, 0.1) is 0 Å². The van der Waals surface area contributed by atoms with Crippen molar-refractivity contribution in [1.82, 2.24) is 25.1 Å². The Morgan fingerprint density at radius 3 is 3.11 bits per heavy atom. The van der Waals surface area contributed by atoms with Crippen LogP contribution in [0.15, 0.2) is 48.5 Å². The predicted molar refractivity (Wildman–Crippen MR) is 105 cm³/mol. The predicted octanol–water partition coefficient (Wildman–Crippen LogP) is 2.80. The molecule has 136 valence electrons. The molecule has 1 aliphatic heterocycles. The molecule has 3 aromatic heterocycles. The first-order chi connectivity index (χ1) is 13.3. The van der Waals surface area contributed by atoms with E-state index in [1.807, 2.05) is 24.1 Å². The van der Waals surface area contributed by atoms with Gasteiger partial charge >= 0.3 is 0 Å². The van der Waals surface area contributed by atoms with Crippen molar-refractivity contribution in [2.45, 2.75) is 6.42 Å². The topological polar surface area (TPSA) is 89.3 Å². The van der Waals surface area contributed by atoms with E-state index in [9.17, 15) is 0 Å². The van der Waals surface area contributed by atoms with Gasteiger partial charge in [-0.2, -0.15) is 0 Å². The fraction of sp³-hybridized carbons (Fsp3) is 0.222. The fourth-order valence-corrected chi connectivity index (χ4v) is 3.47. The summed E-state index contributed by atoms with van der Waals surface area (Å²) < 4.78 is 0. The molecule has 0 N–H and O–H groups in total. The smallest absolute Gasteiger partial charge is 0.194 e. The van der Waals surface area contributed by atoms with E-state index in [1.165, 1.54) is 11.3 Å². The third-order valence-electron chi connectivity index (χ3n) is 3.99. The van der Waals surface area contributed by atoms with Crippen LogP contribution in [0.25, 0.3) is 21.3 Å². The van der Waals surface area contributed by atoms with Crippen LogP contribution < -0.4 is 4.90 Å². The average Bonchev–Trinajstić information content (AvgIpc) is 3.21. The van der Waals surface area contributed by atoms with Crippen molar-refractivity contribution in [3.05, 3.63) is 49.1 Å². The number of pyridine rings is 1.